The van der Waals surface area contributed by atoms with Crippen LogP contribution in [0.15, 0.2) is 109 Å². The van der Waals surface area contributed by atoms with Gasteiger partial charge in [-0.3, -0.25) is 9.59 Å². The number of hydrogen-bond acceptors (Lipinski definition) is 5. The first kappa shape index (κ1) is 64.5. The number of rotatable bonds is 49. The van der Waals surface area contributed by atoms with Gasteiger partial charge in [0.2, 0.25) is 5.91 Å². The van der Waals surface area contributed by atoms with E-state index in [4.69, 9.17) is 4.74 Å². The van der Waals surface area contributed by atoms with E-state index in [2.05, 4.69) is 74.7 Å². The highest BCUT2D eigenvalue weighted by Gasteiger charge is 2.24. The van der Waals surface area contributed by atoms with Crippen molar-refractivity contribution in [1.29, 1.82) is 0 Å². The van der Waals surface area contributed by atoms with Crippen LogP contribution < -0.4 is 5.32 Å². The van der Waals surface area contributed by atoms with Gasteiger partial charge in [-0.25, -0.2) is 0 Å². The summed E-state index contributed by atoms with van der Waals surface area (Å²) in [5, 5.41) is 23.8. The maximum absolute atomic E-state index is 13.2. The molecular formula is C62H105NO5. The van der Waals surface area contributed by atoms with Crippen molar-refractivity contribution in [3.8, 4) is 0 Å². The zero-order valence-electron chi connectivity index (χ0n) is 44.2. The summed E-state index contributed by atoms with van der Waals surface area (Å²) in [6.45, 7) is 6.31. The molecule has 0 aromatic heterocycles. The van der Waals surface area contributed by atoms with Gasteiger partial charge < -0.3 is 20.3 Å². The Bertz CT molecular complexity index is 1380. The van der Waals surface area contributed by atoms with Gasteiger partial charge in [0.05, 0.1) is 25.2 Å². The van der Waals surface area contributed by atoms with Crippen molar-refractivity contribution in [3.05, 3.63) is 109 Å². The van der Waals surface area contributed by atoms with Crippen LogP contribution in [0, 0.1) is 0 Å². The van der Waals surface area contributed by atoms with Crippen LogP contribution in [-0.2, 0) is 14.3 Å². The third kappa shape index (κ3) is 49.0. The number of hydrogen-bond donors (Lipinski definition) is 3. The second-order valence-corrected chi connectivity index (χ2v) is 18.8. The van der Waals surface area contributed by atoms with Crippen LogP contribution in [0.5, 0.6) is 0 Å². The molecule has 3 unspecified atom stereocenters. The van der Waals surface area contributed by atoms with Crippen LogP contribution in [0.3, 0.4) is 0 Å². The average molecular weight is 945 g/mol. The molecule has 6 nitrogen and oxygen atoms in total. The minimum Gasteiger partial charge on any atom is -0.462 e. The van der Waals surface area contributed by atoms with Crippen LogP contribution in [0.1, 0.15) is 245 Å². The van der Waals surface area contributed by atoms with Gasteiger partial charge in [-0.15, -0.1) is 0 Å². The molecule has 0 aliphatic rings. The Labute approximate surface area is 419 Å². The second-order valence-electron chi connectivity index (χ2n) is 18.8. The molecule has 0 rings (SSSR count). The molecule has 3 atom stereocenters. The molecule has 0 aromatic carbocycles. The fraction of sp³-hybridized carbons (Fsp3) is 0.677. The predicted molar refractivity (Wildman–Crippen MR) is 296 cm³/mol. The molecular weight excluding hydrogens is 839 g/mol. The van der Waals surface area contributed by atoms with Gasteiger partial charge in [0, 0.05) is 6.42 Å². The molecule has 68 heavy (non-hydrogen) atoms. The molecule has 6 heteroatoms. The molecule has 0 aliphatic carbocycles. The van der Waals surface area contributed by atoms with Crippen LogP contribution >= 0.6 is 0 Å². The first-order chi connectivity index (χ1) is 33.5. The maximum atomic E-state index is 13.2. The summed E-state index contributed by atoms with van der Waals surface area (Å²) in [7, 11) is 0. The molecule has 0 saturated carbocycles. The van der Waals surface area contributed by atoms with Crippen molar-refractivity contribution in [2.45, 2.75) is 264 Å². The lowest BCUT2D eigenvalue weighted by Gasteiger charge is -2.24. The summed E-state index contributed by atoms with van der Waals surface area (Å²) in [5.41, 5.74) is 0. The number of carbonyl (C=O) groups excluding carboxylic acids is 2. The molecule has 388 valence electrons. The van der Waals surface area contributed by atoms with Gasteiger partial charge in [0.15, 0.2) is 0 Å². The molecule has 1 amide bonds. The molecule has 0 heterocycles. The lowest BCUT2D eigenvalue weighted by Crippen LogP contribution is -2.46. The van der Waals surface area contributed by atoms with Gasteiger partial charge in [-0.05, 0) is 64.2 Å². The van der Waals surface area contributed by atoms with Crippen LogP contribution in [0.4, 0.5) is 0 Å². The molecule has 3 N–H and O–H groups in total. The highest BCUT2D eigenvalue weighted by molar-refractivity contribution is 5.77. The Hall–Kier alpha value is -3.48. The van der Waals surface area contributed by atoms with Crippen LogP contribution in [0.25, 0.3) is 0 Å². The van der Waals surface area contributed by atoms with E-state index in [-0.39, 0.29) is 24.9 Å². The van der Waals surface area contributed by atoms with Gasteiger partial charge in [-0.1, -0.05) is 278 Å². The van der Waals surface area contributed by atoms with Crippen molar-refractivity contribution in [3.63, 3.8) is 0 Å². The van der Waals surface area contributed by atoms with E-state index in [0.717, 1.165) is 83.5 Å². The maximum Gasteiger partial charge on any atom is 0.306 e. The minimum absolute atomic E-state index is 0.0120. The SMILES string of the molecule is CC\C=C/C=C/C=C/C=C\C=C\C=C\CCCC(CC(=O)NC(CO)C(O)CCCCCCCCCCCCCCCCCC)OC(=O)CCCCCCC/C=C/C=C/C=C/CCCCCCC. The number of esters is 1. The Morgan fingerprint density at radius 1 is 0.441 bits per heavy atom. The summed E-state index contributed by atoms with van der Waals surface area (Å²) in [5.74, 6) is -0.577. The molecule has 0 fully saturated rings. The molecule has 0 spiro atoms. The molecule has 0 aliphatic heterocycles. The Balaban J connectivity index is 4.72. The monoisotopic (exact) mass is 944 g/mol. The van der Waals surface area contributed by atoms with Crippen LogP contribution in [-0.4, -0.2) is 46.9 Å². The van der Waals surface area contributed by atoms with Crippen molar-refractivity contribution in [1.82, 2.24) is 5.32 Å². The lowest BCUT2D eigenvalue weighted by atomic mass is 10.0. The zero-order chi connectivity index (χ0) is 49.5. The summed E-state index contributed by atoms with van der Waals surface area (Å²) in [6, 6.07) is -0.738. The second kappa shape index (κ2) is 54.5. The normalized spacial score (nSPS) is 14.0. The third-order valence-electron chi connectivity index (χ3n) is 12.3. The summed E-state index contributed by atoms with van der Waals surface area (Å²) in [6.07, 6.45) is 74.4. The smallest absolute Gasteiger partial charge is 0.306 e. The van der Waals surface area contributed by atoms with E-state index >= 15 is 0 Å². The summed E-state index contributed by atoms with van der Waals surface area (Å²) < 4.78 is 5.91. The van der Waals surface area contributed by atoms with Crippen molar-refractivity contribution >= 4 is 11.9 Å². The topological polar surface area (TPSA) is 95.9 Å². The first-order valence-corrected chi connectivity index (χ1v) is 28.2. The number of nitrogens with one attached hydrogen (secondary N) is 1. The molecule has 0 saturated heterocycles. The number of aliphatic hydroxyl groups excluding tert-OH is 2. The standard InChI is InChI=1S/C62H105NO5/c1-4-7-10-13-16-19-22-25-28-30-31-34-37-40-43-46-49-52-55-62(67)68-58(53-50-47-44-41-38-35-32-27-24-21-18-15-12-9-6-3)56-61(66)63-59(57-64)60(65)54-51-48-45-42-39-36-33-29-26-23-20-17-14-11-8-5-2/h9,12,15,18,21-22,24-25,27-28,30-32,34-35,38,41,44,58-60,64-65H,4-8,10-11,13-14,16-17,19-20,23,26,29,33,36-37,39-40,42-43,45-57H2,1-3H3,(H,63,66)/b12-9-,18-15+,24-21+,25-22+,30-28+,32-27-,34-31+,38-35+,44-41+. The quantitative estimate of drug-likeness (QED) is 0.0321. The molecule has 0 radical (unpaired) electrons. The van der Waals surface area contributed by atoms with E-state index in [1.54, 1.807) is 0 Å². The van der Waals surface area contributed by atoms with E-state index in [1.807, 2.05) is 60.8 Å². The summed E-state index contributed by atoms with van der Waals surface area (Å²) in [4.78, 5) is 26.2. The van der Waals surface area contributed by atoms with Gasteiger partial charge in [-0.2, -0.15) is 0 Å². The number of aliphatic hydroxyl groups is 2. The van der Waals surface area contributed by atoms with Crippen molar-refractivity contribution in [2.75, 3.05) is 6.61 Å². The fourth-order valence-electron chi connectivity index (χ4n) is 8.06. The van der Waals surface area contributed by atoms with Gasteiger partial charge >= 0.3 is 5.97 Å². The molecule has 0 aromatic rings. The summed E-state index contributed by atoms with van der Waals surface area (Å²) >= 11 is 0. The van der Waals surface area contributed by atoms with E-state index in [9.17, 15) is 19.8 Å². The van der Waals surface area contributed by atoms with E-state index in [0.29, 0.717) is 19.3 Å². The Morgan fingerprint density at radius 2 is 0.809 bits per heavy atom. The van der Waals surface area contributed by atoms with Gasteiger partial charge in [0.25, 0.3) is 0 Å². The van der Waals surface area contributed by atoms with Gasteiger partial charge in [0.1, 0.15) is 6.10 Å². The van der Waals surface area contributed by atoms with E-state index < -0.39 is 18.2 Å². The highest BCUT2D eigenvalue weighted by Crippen LogP contribution is 2.17. The predicted octanol–water partition coefficient (Wildman–Crippen LogP) is 17.5. The number of carbonyl (C=O) groups is 2. The Kier molecular flexibility index (Phi) is 51.7. The number of unbranched alkanes of at least 4 members (excludes halogenated alkanes) is 26. The number of amides is 1. The molecule has 0 bridgehead atoms. The zero-order valence-corrected chi connectivity index (χ0v) is 44.2. The third-order valence-corrected chi connectivity index (χ3v) is 12.3. The van der Waals surface area contributed by atoms with Crippen LogP contribution in [0.2, 0.25) is 0 Å². The highest BCUT2D eigenvalue weighted by atomic mass is 16.5. The largest absolute Gasteiger partial charge is 0.462 e. The lowest BCUT2D eigenvalue weighted by molar-refractivity contribution is -0.151. The average Bonchev–Trinajstić information content (AvgIpc) is 3.33. The van der Waals surface area contributed by atoms with Crippen molar-refractivity contribution < 1.29 is 24.5 Å². The first-order valence-electron chi connectivity index (χ1n) is 28.2. The minimum atomic E-state index is -0.819. The number of allylic oxidation sites excluding steroid dienone is 18. The van der Waals surface area contributed by atoms with E-state index in [1.165, 1.54) is 116 Å². The fourth-order valence-corrected chi connectivity index (χ4v) is 8.06. The number of ether oxygens (including phenoxy) is 1. The Morgan fingerprint density at radius 3 is 1.24 bits per heavy atom. The van der Waals surface area contributed by atoms with Crippen molar-refractivity contribution in [2.24, 2.45) is 0 Å².